The number of hydrogen-bond acceptors (Lipinski definition) is 0. The lowest BCUT2D eigenvalue weighted by molar-refractivity contribution is 0.662. The van der Waals surface area contributed by atoms with E-state index >= 15 is 0 Å². The van der Waals surface area contributed by atoms with E-state index in [1.807, 2.05) is 0 Å². The van der Waals surface area contributed by atoms with E-state index in [2.05, 4.69) is 137 Å². The molecule has 1 aliphatic carbocycles. The van der Waals surface area contributed by atoms with Crippen LogP contribution in [0.4, 0.5) is 0 Å². The lowest BCUT2D eigenvalue weighted by Gasteiger charge is -2.24. The molecule has 0 unspecified atom stereocenters. The van der Waals surface area contributed by atoms with Crippen LogP contribution in [-0.4, -0.2) is 7.85 Å². The van der Waals surface area contributed by atoms with Crippen LogP contribution in [0.25, 0.3) is 54.9 Å². The summed E-state index contributed by atoms with van der Waals surface area (Å²) in [6.45, 7) is 4.76. The topological polar surface area (TPSA) is 0 Å². The van der Waals surface area contributed by atoms with Crippen molar-refractivity contribution in [3.8, 4) is 33.4 Å². The van der Waals surface area contributed by atoms with Crippen LogP contribution in [-0.2, 0) is 5.41 Å². The van der Waals surface area contributed by atoms with Gasteiger partial charge in [-0.3, -0.25) is 0 Å². The van der Waals surface area contributed by atoms with Crippen molar-refractivity contribution < 1.29 is 0 Å². The van der Waals surface area contributed by atoms with Crippen LogP contribution in [0.2, 0.25) is 0 Å². The number of hydrogen-bond donors (Lipinski definition) is 0. The highest BCUT2D eigenvalue weighted by Gasteiger charge is 2.36. The Morgan fingerprint density at radius 3 is 1.56 bits per heavy atom. The lowest BCUT2D eigenvalue weighted by Crippen LogP contribution is -2.17. The largest absolute Gasteiger partial charge is 0.139 e. The van der Waals surface area contributed by atoms with Crippen LogP contribution in [0.1, 0.15) is 25.0 Å². The smallest absolute Gasteiger partial charge is 0.0886 e. The van der Waals surface area contributed by atoms with Gasteiger partial charge in [0.15, 0.2) is 0 Å². The number of fused-ring (bicyclic) bond motifs is 5. The first kappa shape index (κ1) is 21.2. The Labute approximate surface area is 213 Å². The Balaban J connectivity index is 1.71. The zero-order valence-electron chi connectivity index (χ0n) is 21.0. The Kier molecular flexibility index (Phi) is 4.54. The molecule has 0 saturated heterocycles. The second kappa shape index (κ2) is 7.70. The van der Waals surface area contributed by atoms with Crippen LogP contribution >= 0.6 is 0 Å². The molecule has 0 spiro atoms. The molecule has 0 heterocycles. The molecule has 0 atom stereocenters. The van der Waals surface area contributed by atoms with Gasteiger partial charge in [0, 0.05) is 5.41 Å². The molecule has 0 bridgehead atoms. The summed E-state index contributed by atoms with van der Waals surface area (Å²) < 4.78 is 0. The van der Waals surface area contributed by atoms with Gasteiger partial charge in [-0.05, 0) is 78.2 Å². The van der Waals surface area contributed by atoms with Gasteiger partial charge in [0.25, 0.3) is 0 Å². The molecule has 0 N–H and O–H groups in total. The molecule has 6 aromatic rings. The van der Waals surface area contributed by atoms with Crippen LogP contribution in [0, 0.1) is 0 Å². The predicted octanol–water partition coefficient (Wildman–Crippen LogP) is 7.89. The summed E-state index contributed by atoms with van der Waals surface area (Å²) >= 11 is 0. The van der Waals surface area contributed by atoms with Crippen molar-refractivity contribution in [2.24, 2.45) is 0 Å². The molecular formula is C35H27B. The highest BCUT2D eigenvalue weighted by Crippen LogP contribution is 2.52. The maximum Gasteiger partial charge on any atom is 0.139 e. The minimum atomic E-state index is -0.0443. The van der Waals surface area contributed by atoms with E-state index in [0.29, 0.717) is 0 Å². The molecule has 170 valence electrons. The number of benzene rings is 6. The number of rotatable bonds is 2. The first-order valence-electron chi connectivity index (χ1n) is 12.8. The van der Waals surface area contributed by atoms with Crippen LogP contribution in [0.5, 0.6) is 0 Å². The van der Waals surface area contributed by atoms with Crippen LogP contribution in [0.3, 0.4) is 0 Å². The third kappa shape index (κ3) is 2.96. The van der Waals surface area contributed by atoms with Gasteiger partial charge in [-0.1, -0.05) is 122 Å². The van der Waals surface area contributed by atoms with Gasteiger partial charge >= 0.3 is 0 Å². The Hall–Kier alpha value is -4.10. The molecule has 0 aliphatic heterocycles. The molecular weight excluding hydrogens is 431 g/mol. The van der Waals surface area contributed by atoms with Crippen LogP contribution < -0.4 is 5.46 Å². The van der Waals surface area contributed by atoms with Crippen molar-refractivity contribution in [2.45, 2.75) is 19.3 Å². The molecule has 1 heteroatoms. The predicted molar refractivity (Wildman–Crippen MR) is 158 cm³/mol. The summed E-state index contributed by atoms with van der Waals surface area (Å²) in [4.78, 5) is 0. The van der Waals surface area contributed by atoms with Gasteiger partial charge in [0.2, 0.25) is 0 Å². The van der Waals surface area contributed by atoms with E-state index in [1.165, 1.54) is 71.5 Å². The summed E-state index contributed by atoms with van der Waals surface area (Å²) in [6, 6.07) is 42.7. The Morgan fingerprint density at radius 2 is 0.972 bits per heavy atom. The van der Waals surface area contributed by atoms with Gasteiger partial charge < -0.3 is 0 Å². The highest BCUT2D eigenvalue weighted by atomic mass is 14.4. The quantitative estimate of drug-likeness (QED) is 0.183. The summed E-state index contributed by atoms with van der Waals surface area (Å²) in [7, 11) is 2.20. The summed E-state index contributed by atoms with van der Waals surface area (Å²) in [5.41, 5.74) is 12.0. The van der Waals surface area contributed by atoms with Gasteiger partial charge in [-0.25, -0.2) is 0 Å². The van der Waals surface area contributed by atoms with E-state index in [1.54, 1.807) is 0 Å². The zero-order chi connectivity index (χ0) is 24.4. The third-order valence-corrected chi connectivity index (χ3v) is 8.10. The minimum Gasteiger partial charge on any atom is -0.0886 e. The third-order valence-electron chi connectivity index (χ3n) is 8.10. The normalized spacial score (nSPS) is 13.6. The zero-order valence-corrected chi connectivity index (χ0v) is 21.0. The van der Waals surface area contributed by atoms with Crippen molar-refractivity contribution in [1.82, 2.24) is 0 Å². The summed E-state index contributed by atoms with van der Waals surface area (Å²) in [5, 5.41) is 5.26. The SMILES string of the molecule is Bc1ccc2c(c1)C(C)(C)c1cc3c(-c4ccccc4)c4ccccc4c(-c4ccccc4)c3cc1-2. The van der Waals surface area contributed by atoms with Gasteiger partial charge in [-0.2, -0.15) is 0 Å². The molecule has 0 saturated carbocycles. The fourth-order valence-corrected chi connectivity index (χ4v) is 6.35. The molecule has 1 aliphatic rings. The van der Waals surface area contributed by atoms with Crippen molar-refractivity contribution in [2.75, 3.05) is 0 Å². The van der Waals surface area contributed by atoms with E-state index in [4.69, 9.17) is 0 Å². The summed E-state index contributed by atoms with van der Waals surface area (Å²) in [6.07, 6.45) is 0. The maximum atomic E-state index is 2.50. The fourth-order valence-electron chi connectivity index (χ4n) is 6.35. The molecule has 6 aromatic carbocycles. The first-order valence-corrected chi connectivity index (χ1v) is 12.8. The summed E-state index contributed by atoms with van der Waals surface area (Å²) in [5.74, 6) is 0. The lowest BCUT2D eigenvalue weighted by atomic mass is 9.78. The second-order valence-corrected chi connectivity index (χ2v) is 10.6. The van der Waals surface area contributed by atoms with E-state index in [-0.39, 0.29) is 5.41 Å². The molecule has 0 fully saturated rings. The van der Waals surface area contributed by atoms with Crippen LogP contribution in [0.15, 0.2) is 115 Å². The van der Waals surface area contributed by atoms with Gasteiger partial charge in [0.1, 0.15) is 7.85 Å². The Bertz CT molecular complexity index is 1790. The average molecular weight is 458 g/mol. The first-order chi connectivity index (χ1) is 17.5. The molecule has 7 rings (SSSR count). The average Bonchev–Trinajstić information content (AvgIpc) is 3.12. The molecule has 36 heavy (non-hydrogen) atoms. The maximum absolute atomic E-state index is 2.50. The molecule has 0 radical (unpaired) electrons. The fraction of sp³-hybridized carbons (Fsp3) is 0.0857. The van der Waals surface area contributed by atoms with Crippen molar-refractivity contribution in [3.63, 3.8) is 0 Å². The van der Waals surface area contributed by atoms with E-state index in [9.17, 15) is 0 Å². The molecule has 0 aromatic heterocycles. The van der Waals surface area contributed by atoms with Crippen molar-refractivity contribution >= 4 is 34.9 Å². The highest BCUT2D eigenvalue weighted by molar-refractivity contribution is 6.32. The van der Waals surface area contributed by atoms with E-state index in [0.717, 1.165) is 0 Å². The van der Waals surface area contributed by atoms with Gasteiger partial charge in [-0.15, -0.1) is 0 Å². The second-order valence-electron chi connectivity index (χ2n) is 10.6. The standard InChI is InChI=1S/C35H27B/c1-35(2)31-19-24(36)17-18-25(31)28-20-29-30(21-32(28)35)34(23-13-7-4-8-14-23)27-16-10-9-15-26(27)33(29)22-11-5-3-6-12-22/h3-21H,36H2,1-2H3. The van der Waals surface area contributed by atoms with Crippen molar-refractivity contribution in [3.05, 3.63) is 126 Å². The molecule has 0 amide bonds. The Morgan fingerprint density at radius 1 is 0.472 bits per heavy atom. The monoisotopic (exact) mass is 458 g/mol. The molecule has 0 nitrogen and oxygen atoms in total. The van der Waals surface area contributed by atoms with Crippen molar-refractivity contribution in [1.29, 1.82) is 0 Å². The minimum absolute atomic E-state index is 0.0443. The van der Waals surface area contributed by atoms with Gasteiger partial charge in [0.05, 0.1) is 0 Å². The van der Waals surface area contributed by atoms with E-state index < -0.39 is 0 Å².